The standard InChI is InChI=1S/C18H20N2O4/c19-16-14(8-4-10-15(16)17(21)22)9-5-11-20-18(23)24-12-13-6-2-1-3-7-13/h1-4,6-8,10H,5,9,11-12,19H2,(H,20,23)(H,21,22). The second-order valence-electron chi connectivity index (χ2n) is 5.28. The fourth-order valence-corrected chi connectivity index (χ4v) is 2.26. The van der Waals surface area contributed by atoms with Gasteiger partial charge < -0.3 is 20.9 Å². The van der Waals surface area contributed by atoms with E-state index in [0.717, 1.165) is 11.1 Å². The lowest BCUT2D eigenvalue weighted by Crippen LogP contribution is -2.25. The molecule has 0 unspecified atom stereocenters. The van der Waals surface area contributed by atoms with Crippen molar-refractivity contribution in [1.29, 1.82) is 0 Å². The summed E-state index contributed by atoms with van der Waals surface area (Å²) in [6.45, 7) is 0.643. The number of para-hydroxylation sites is 1. The number of alkyl carbamates (subject to hydrolysis) is 1. The number of aromatic carboxylic acids is 1. The molecule has 0 saturated carbocycles. The van der Waals surface area contributed by atoms with Gasteiger partial charge in [-0.3, -0.25) is 0 Å². The molecule has 0 aromatic heterocycles. The Morgan fingerprint density at radius 3 is 2.54 bits per heavy atom. The van der Waals surface area contributed by atoms with Crippen LogP contribution in [0.15, 0.2) is 48.5 Å². The van der Waals surface area contributed by atoms with E-state index in [1.165, 1.54) is 6.07 Å². The molecule has 6 nitrogen and oxygen atoms in total. The largest absolute Gasteiger partial charge is 0.478 e. The topological polar surface area (TPSA) is 102 Å². The Balaban J connectivity index is 1.72. The van der Waals surface area contributed by atoms with Gasteiger partial charge in [-0.05, 0) is 30.0 Å². The third-order valence-electron chi connectivity index (χ3n) is 3.53. The molecule has 0 heterocycles. The van der Waals surface area contributed by atoms with Crippen LogP contribution >= 0.6 is 0 Å². The Hall–Kier alpha value is -3.02. The Morgan fingerprint density at radius 1 is 1.08 bits per heavy atom. The van der Waals surface area contributed by atoms with Crippen LogP contribution in [0.1, 0.15) is 27.9 Å². The summed E-state index contributed by atoms with van der Waals surface area (Å²) in [5.74, 6) is -1.04. The second-order valence-corrected chi connectivity index (χ2v) is 5.28. The molecule has 0 atom stereocenters. The molecule has 126 valence electrons. The predicted molar refractivity (Wildman–Crippen MR) is 90.8 cm³/mol. The molecule has 0 radical (unpaired) electrons. The zero-order valence-electron chi connectivity index (χ0n) is 13.2. The number of carboxylic acids is 1. The minimum atomic E-state index is -1.04. The number of anilines is 1. The van der Waals surface area contributed by atoms with Gasteiger partial charge in [0, 0.05) is 12.2 Å². The first-order valence-electron chi connectivity index (χ1n) is 7.63. The maximum Gasteiger partial charge on any atom is 0.407 e. The van der Waals surface area contributed by atoms with Gasteiger partial charge in [-0.25, -0.2) is 9.59 Å². The zero-order chi connectivity index (χ0) is 17.4. The highest BCUT2D eigenvalue weighted by molar-refractivity contribution is 5.94. The fraction of sp³-hybridized carbons (Fsp3) is 0.222. The normalized spacial score (nSPS) is 10.2. The first-order valence-corrected chi connectivity index (χ1v) is 7.63. The van der Waals surface area contributed by atoms with Crippen molar-refractivity contribution in [3.63, 3.8) is 0 Å². The van der Waals surface area contributed by atoms with Gasteiger partial charge in [-0.15, -0.1) is 0 Å². The molecule has 0 saturated heterocycles. The fourth-order valence-electron chi connectivity index (χ4n) is 2.26. The van der Waals surface area contributed by atoms with Crippen molar-refractivity contribution in [1.82, 2.24) is 5.32 Å². The van der Waals surface area contributed by atoms with Crippen molar-refractivity contribution in [2.75, 3.05) is 12.3 Å². The van der Waals surface area contributed by atoms with Crippen LogP contribution < -0.4 is 11.1 Å². The lowest BCUT2D eigenvalue weighted by molar-refractivity contribution is 0.0698. The molecule has 0 aliphatic carbocycles. The number of benzene rings is 2. The minimum absolute atomic E-state index is 0.0998. The number of carbonyl (C=O) groups excluding carboxylic acids is 1. The van der Waals surface area contributed by atoms with Crippen LogP contribution in [0.25, 0.3) is 0 Å². The van der Waals surface area contributed by atoms with Gasteiger partial charge in [0.25, 0.3) is 0 Å². The number of hydrogen-bond donors (Lipinski definition) is 3. The maximum atomic E-state index is 11.6. The first kappa shape index (κ1) is 17.3. The van der Waals surface area contributed by atoms with Crippen molar-refractivity contribution in [2.24, 2.45) is 0 Å². The molecule has 2 rings (SSSR count). The number of nitrogens with two attached hydrogens (primary N) is 1. The van der Waals surface area contributed by atoms with Crippen LogP contribution in [-0.4, -0.2) is 23.7 Å². The van der Waals surface area contributed by atoms with Crippen molar-refractivity contribution in [3.8, 4) is 0 Å². The van der Waals surface area contributed by atoms with Crippen LogP contribution in [-0.2, 0) is 17.8 Å². The molecule has 0 aliphatic rings. The Kier molecular flexibility index (Phi) is 6.19. The van der Waals surface area contributed by atoms with Gasteiger partial charge in [-0.2, -0.15) is 0 Å². The Bertz CT molecular complexity index is 701. The highest BCUT2D eigenvalue weighted by Gasteiger charge is 2.10. The second kappa shape index (κ2) is 8.57. The summed E-state index contributed by atoms with van der Waals surface area (Å²) < 4.78 is 5.10. The minimum Gasteiger partial charge on any atom is -0.478 e. The number of nitrogens with one attached hydrogen (secondary N) is 1. The van der Waals surface area contributed by atoms with Crippen molar-refractivity contribution < 1.29 is 19.4 Å². The average molecular weight is 328 g/mol. The summed E-state index contributed by atoms with van der Waals surface area (Å²) in [5, 5.41) is 11.7. The molecule has 2 aromatic carbocycles. The van der Waals surface area contributed by atoms with Crippen molar-refractivity contribution in [3.05, 3.63) is 65.2 Å². The number of ether oxygens (including phenoxy) is 1. The number of hydrogen-bond acceptors (Lipinski definition) is 4. The summed E-state index contributed by atoms with van der Waals surface area (Å²) in [7, 11) is 0. The van der Waals surface area contributed by atoms with Crippen LogP contribution in [0, 0.1) is 0 Å². The Morgan fingerprint density at radius 2 is 1.83 bits per heavy atom. The van der Waals surface area contributed by atoms with Crippen LogP contribution in [0.5, 0.6) is 0 Å². The predicted octanol–water partition coefficient (Wildman–Crippen LogP) is 2.83. The molecule has 0 aliphatic heterocycles. The molecule has 0 spiro atoms. The SMILES string of the molecule is Nc1c(CCCNC(=O)OCc2ccccc2)cccc1C(=O)O. The average Bonchev–Trinajstić information content (AvgIpc) is 2.58. The van der Waals surface area contributed by atoms with Gasteiger partial charge in [-0.1, -0.05) is 42.5 Å². The third-order valence-corrected chi connectivity index (χ3v) is 3.53. The molecule has 0 bridgehead atoms. The summed E-state index contributed by atoms with van der Waals surface area (Å²) in [5.41, 5.74) is 7.90. The molecular weight excluding hydrogens is 308 g/mol. The first-order chi connectivity index (χ1) is 11.6. The number of amides is 1. The molecule has 24 heavy (non-hydrogen) atoms. The molecular formula is C18H20N2O4. The summed E-state index contributed by atoms with van der Waals surface area (Å²) >= 11 is 0. The van der Waals surface area contributed by atoms with E-state index in [4.69, 9.17) is 15.6 Å². The number of carbonyl (C=O) groups is 2. The Labute approximate surface area is 140 Å². The van der Waals surface area contributed by atoms with Gasteiger partial charge in [0.15, 0.2) is 0 Å². The van der Waals surface area contributed by atoms with E-state index < -0.39 is 12.1 Å². The van der Waals surface area contributed by atoms with E-state index in [2.05, 4.69) is 5.32 Å². The van der Waals surface area contributed by atoms with E-state index in [0.29, 0.717) is 19.4 Å². The van der Waals surface area contributed by atoms with E-state index in [-0.39, 0.29) is 17.9 Å². The van der Waals surface area contributed by atoms with Crippen molar-refractivity contribution >= 4 is 17.7 Å². The molecule has 0 fully saturated rings. The lowest BCUT2D eigenvalue weighted by Gasteiger charge is -2.09. The lowest BCUT2D eigenvalue weighted by atomic mass is 10.0. The molecule has 1 amide bonds. The van der Waals surface area contributed by atoms with Crippen LogP contribution in [0.4, 0.5) is 10.5 Å². The maximum absolute atomic E-state index is 11.6. The van der Waals surface area contributed by atoms with E-state index in [9.17, 15) is 9.59 Å². The summed E-state index contributed by atoms with van der Waals surface area (Å²) in [4.78, 5) is 22.6. The third kappa shape index (κ3) is 5.01. The monoisotopic (exact) mass is 328 g/mol. The van der Waals surface area contributed by atoms with Gasteiger partial charge in [0.2, 0.25) is 0 Å². The van der Waals surface area contributed by atoms with Gasteiger partial charge >= 0.3 is 12.1 Å². The number of nitrogen functional groups attached to an aromatic ring is 1. The van der Waals surface area contributed by atoms with E-state index >= 15 is 0 Å². The molecule has 6 heteroatoms. The van der Waals surface area contributed by atoms with Gasteiger partial charge in [0.1, 0.15) is 6.61 Å². The summed E-state index contributed by atoms with van der Waals surface area (Å²) in [6.07, 6.45) is 0.728. The molecule has 4 N–H and O–H groups in total. The van der Waals surface area contributed by atoms with Crippen molar-refractivity contribution in [2.45, 2.75) is 19.4 Å². The van der Waals surface area contributed by atoms with Crippen LogP contribution in [0.2, 0.25) is 0 Å². The number of rotatable bonds is 7. The van der Waals surface area contributed by atoms with E-state index in [1.807, 2.05) is 30.3 Å². The quantitative estimate of drug-likeness (QED) is 0.536. The van der Waals surface area contributed by atoms with Crippen LogP contribution in [0.3, 0.4) is 0 Å². The van der Waals surface area contributed by atoms with Gasteiger partial charge in [0.05, 0.1) is 5.56 Å². The molecule has 2 aromatic rings. The zero-order valence-corrected chi connectivity index (χ0v) is 13.2. The highest BCUT2D eigenvalue weighted by Crippen LogP contribution is 2.18. The number of aryl methyl sites for hydroxylation is 1. The number of carboxylic acid groups (broad SMARTS) is 1. The smallest absolute Gasteiger partial charge is 0.407 e. The highest BCUT2D eigenvalue weighted by atomic mass is 16.5. The van der Waals surface area contributed by atoms with E-state index in [1.54, 1.807) is 12.1 Å². The summed E-state index contributed by atoms with van der Waals surface area (Å²) in [6, 6.07) is 14.3.